The predicted molar refractivity (Wildman–Crippen MR) is 105 cm³/mol. The summed E-state index contributed by atoms with van der Waals surface area (Å²) in [5.41, 5.74) is 6.87. The fraction of sp³-hybridized carbons (Fsp3) is 0.700. The number of likely N-dealkylation sites (tertiary alicyclic amines) is 1. The molecule has 0 saturated carbocycles. The Balaban J connectivity index is 2.28. The third-order valence-corrected chi connectivity index (χ3v) is 11.7. The van der Waals surface area contributed by atoms with Gasteiger partial charge in [0.15, 0.2) is 0 Å². The van der Waals surface area contributed by atoms with Gasteiger partial charge < -0.3 is 0 Å². The molecule has 0 spiro atoms. The van der Waals surface area contributed by atoms with E-state index in [0.717, 1.165) is 5.69 Å². The topological polar surface area (TPSA) is 29.0 Å². The highest BCUT2D eigenvalue weighted by molar-refractivity contribution is 6.90. The predicted octanol–water partition coefficient (Wildman–Crippen LogP) is 4.81. The van der Waals surface area contributed by atoms with Crippen LogP contribution in [0, 0.1) is 18.4 Å². The van der Waals surface area contributed by atoms with Gasteiger partial charge in [0.25, 0.3) is 5.92 Å². The molecule has 0 N–H and O–H groups in total. The Morgan fingerprint density at radius 1 is 1.08 bits per heavy atom. The SMILES string of the molecule is Cc1cc(C#C[Si](C(C)C)(C(C)C)C(C)C)nc(CN2CC(F)(F)C2)n1. The Bertz CT molecular complexity index is 675. The van der Waals surface area contributed by atoms with E-state index in [9.17, 15) is 8.78 Å². The van der Waals surface area contributed by atoms with Gasteiger partial charge in [-0.3, -0.25) is 4.90 Å². The van der Waals surface area contributed by atoms with Crippen LogP contribution in [0.2, 0.25) is 16.6 Å². The van der Waals surface area contributed by atoms with Gasteiger partial charge in [0.2, 0.25) is 0 Å². The third kappa shape index (κ3) is 4.50. The highest BCUT2D eigenvalue weighted by Crippen LogP contribution is 2.40. The highest BCUT2D eigenvalue weighted by Gasteiger charge is 2.44. The molecule has 1 aromatic rings. The minimum absolute atomic E-state index is 0.213. The van der Waals surface area contributed by atoms with Crippen molar-refractivity contribution in [1.29, 1.82) is 0 Å². The number of alkyl halides is 2. The molecule has 0 atom stereocenters. The van der Waals surface area contributed by atoms with Gasteiger partial charge in [-0.2, -0.15) is 0 Å². The molecule has 1 aromatic heterocycles. The first-order valence-electron chi connectivity index (χ1n) is 9.44. The van der Waals surface area contributed by atoms with E-state index in [1.54, 1.807) is 4.90 Å². The summed E-state index contributed by atoms with van der Waals surface area (Å²) in [6, 6.07) is 1.89. The van der Waals surface area contributed by atoms with Crippen LogP contribution in [-0.4, -0.2) is 42.0 Å². The zero-order valence-corrected chi connectivity index (χ0v) is 18.0. The zero-order chi connectivity index (χ0) is 19.7. The van der Waals surface area contributed by atoms with Gasteiger partial charge in [-0.1, -0.05) is 47.5 Å². The molecule has 0 unspecified atom stereocenters. The summed E-state index contributed by atoms with van der Waals surface area (Å²) in [5.74, 6) is 1.34. The lowest BCUT2D eigenvalue weighted by Crippen LogP contribution is -2.55. The Hall–Kier alpha value is -1.32. The van der Waals surface area contributed by atoms with Crippen molar-refractivity contribution in [1.82, 2.24) is 14.9 Å². The number of hydrogen-bond donors (Lipinski definition) is 0. The highest BCUT2D eigenvalue weighted by atomic mass is 28.3. The van der Waals surface area contributed by atoms with Crippen molar-refractivity contribution in [3.05, 3.63) is 23.3 Å². The van der Waals surface area contributed by atoms with E-state index in [1.807, 2.05) is 13.0 Å². The molecule has 0 aromatic carbocycles. The summed E-state index contributed by atoms with van der Waals surface area (Å²) < 4.78 is 26.1. The lowest BCUT2D eigenvalue weighted by Gasteiger charge is -2.38. The molecule has 0 amide bonds. The van der Waals surface area contributed by atoms with E-state index >= 15 is 0 Å². The van der Waals surface area contributed by atoms with Gasteiger partial charge >= 0.3 is 0 Å². The summed E-state index contributed by atoms with van der Waals surface area (Å²) in [6.07, 6.45) is 0. The molecule has 1 aliphatic heterocycles. The van der Waals surface area contributed by atoms with Crippen molar-refractivity contribution >= 4 is 8.07 Å². The first-order valence-corrected chi connectivity index (χ1v) is 11.7. The van der Waals surface area contributed by atoms with Crippen LogP contribution in [-0.2, 0) is 6.54 Å². The molecule has 1 aliphatic rings. The molecular weight excluding hydrogens is 348 g/mol. The van der Waals surface area contributed by atoms with Crippen molar-refractivity contribution in [3.8, 4) is 11.5 Å². The quantitative estimate of drug-likeness (QED) is 0.543. The summed E-state index contributed by atoms with van der Waals surface area (Å²) in [7, 11) is -1.82. The Labute approximate surface area is 157 Å². The second kappa shape index (κ2) is 7.73. The first kappa shape index (κ1) is 21.0. The van der Waals surface area contributed by atoms with E-state index in [-0.39, 0.29) is 13.1 Å². The average Bonchev–Trinajstić information content (AvgIpc) is 2.44. The fourth-order valence-corrected chi connectivity index (χ4v) is 9.50. The normalized spacial score (nSPS) is 17.4. The first-order chi connectivity index (χ1) is 12.0. The maximum absolute atomic E-state index is 13.0. The lowest BCUT2D eigenvalue weighted by molar-refractivity contribution is -0.134. The van der Waals surface area contributed by atoms with Crippen molar-refractivity contribution in [2.75, 3.05) is 13.1 Å². The maximum atomic E-state index is 13.0. The van der Waals surface area contributed by atoms with Gasteiger partial charge in [-0.15, -0.1) is 5.54 Å². The fourth-order valence-electron chi connectivity index (χ4n) is 4.29. The number of hydrogen-bond acceptors (Lipinski definition) is 3. The Morgan fingerprint density at radius 3 is 2.08 bits per heavy atom. The molecule has 0 bridgehead atoms. The van der Waals surface area contributed by atoms with Crippen LogP contribution >= 0.6 is 0 Å². The molecular formula is C20H31F2N3Si. The number of aryl methyl sites for hydroxylation is 1. The average molecular weight is 380 g/mol. The van der Waals surface area contributed by atoms with Crippen LogP contribution in [0.1, 0.15) is 58.8 Å². The van der Waals surface area contributed by atoms with E-state index in [4.69, 9.17) is 0 Å². The van der Waals surface area contributed by atoms with E-state index in [0.29, 0.717) is 34.7 Å². The van der Waals surface area contributed by atoms with Crippen LogP contribution in [0.25, 0.3) is 0 Å². The van der Waals surface area contributed by atoms with Crippen LogP contribution in [0.4, 0.5) is 8.78 Å². The van der Waals surface area contributed by atoms with E-state index < -0.39 is 14.0 Å². The van der Waals surface area contributed by atoms with Gasteiger partial charge in [0.05, 0.1) is 19.6 Å². The van der Waals surface area contributed by atoms with Gasteiger partial charge in [0, 0.05) is 5.69 Å². The summed E-state index contributed by atoms with van der Waals surface area (Å²) in [4.78, 5) is 10.6. The number of aromatic nitrogens is 2. The molecule has 6 heteroatoms. The van der Waals surface area contributed by atoms with Gasteiger partial charge in [-0.05, 0) is 29.6 Å². The van der Waals surface area contributed by atoms with E-state index in [2.05, 4.69) is 63.0 Å². The maximum Gasteiger partial charge on any atom is 0.272 e. The van der Waals surface area contributed by atoms with Crippen LogP contribution in [0.3, 0.4) is 0 Å². The smallest absolute Gasteiger partial charge is 0.272 e. The van der Waals surface area contributed by atoms with E-state index in [1.165, 1.54) is 0 Å². The minimum atomic E-state index is -2.57. The zero-order valence-electron chi connectivity index (χ0n) is 17.0. The second-order valence-electron chi connectivity index (χ2n) is 8.46. The monoisotopic (exact) mass is 379 g/mol. The summed E-state index contributed by atoms with van der Waals surface area (Å²) >= 11 is 0. The van der Waals surface area contributed by atoms with Gasteiger partial charge in [0.1, 0.15) is 19.6 Å². The third-order valence-electron chi connectivity index (χ3n) is 5.45. The Kier molecular flexibility index (Phi) is 6.24. The molecule has 3 nitrogen and oxygen atoms in total. The summed E-state index contributed by atoms with van der Waals surface area (Å²) in [5, 5.41) is 0. The lowest BCUT2D eigenvalue weighted by atomic mass is 10.1. The molecule has 2 rings (SSSR count). The Morgan fingerprint density at radius 2 is 1.62 bits per heavy atom. The number of rotatable bonds is 5. The second-order valence-corrected chi connectivity index (χ2v) is 14.0. The molecule has 2 heterocycles. The summed E-state index contributed by atoms with van der Waals surface area (Å²) in [6.45, 7) is 15.5. The van der Waals surface area contributed by atoms with Crippen molar-refractivity contribution < 1.29 is 8.78 Å². The molecule has 144 valence electrons. The minimum Gasteiger partial charge on any atom is -0.284 e. The molecule has 0 radical (unpaired) electrons. The van der Waals surface area contributed by atoms with Crippen LogP contribution < -0.4 is 0 Å². The van der Waals surface area contributed by atoms with Gasteiger partial charge in [-0.25, -0.2) is 18.7 Å². The number of nitrogens with zero attached hydrogens (tertiary/aromatic N) is 3. The molecule has 1 saturated heterocycles. The van der Waals surface area contributed by atoms with Crippen molar-refractivity contribution in [2.24, 2.45) is 0 Å². The molecule has 0 aliphatic carbocycles. The molecule has 1 fully saturated rings. The standard InChI is InChI=1S/C20H31F2N3Si/c1-14(2)26(15(3)4,16(5)6)9-8-18-10-17(7)23-19(24-18)11-25-12-20(21,22)13-25/h10,14-16H,11-13H2,1-7H3. The van der Waals surface area contributed by atoms with Crippen LogP contribution in [0.15, 0.2) is 6.07 Å². The van der Waals surface area contributed by atoms with Crippen LogP contribution in [0.5, 0.6) is 0 Å². The van der Waals surface area contributed by atoms with Crippen molar-refractivity contribution in [2.45, 2.75) is 77.6 Å². The number of halogens is 2. The van der Waals surface area contributed by atoms with Crippen molar-refractivity contribution in [3.63, 3.8) is 0 Å². The molecule has 26 heavy (non-hydrogen) atoms. The largest absolute Gasteiger partial charge is 0.284 e.